The molecule has 1 fully saturated rings. The van der Waals surface area contributed by atoms with Gasteiger partial charge in [-0.15, -0.1) is 0 Å². The van der Waals surface area contributed by atoms with Crippen LogP contribution in [0.5, 0.6) is 5.75 Å². The lowest BCUT2D eigenvalue weighted by Gasteiger charge is -2.11. The van der Waals surface area contributed by atoms with E-state index < -0.39 is 5.97 Å². The van der Waals surface area contributed by atoms with Crippen LogP contribution in [0.1, 0.15) is 46.9 Å². The predicted octanol–water partition coefficient (Wildman–Crippen LogP) is 3.63. The average molecular weight is 411 g/mol. The summed E-state index contributed by atoms with van der Waals surface area (Å²) in [5.41, 5.74) is 1.34. The van der Waals surface area contributed by atoms with E-state index in [9.17, 15) is 14.4 Å². The first-order chi connectivity index (χ1) is 14.5. The fourth-order valence-electron chi connectivity index (χ4n) is 2.94. The number of nitrogens with one attached hydrogen (secondary N) is 1. The molecular weight excluding hydrogens is 386 g/mol. The zero-order valence-electron chi connectivity index (χ0n) is 16.9. The smallest absolute Gasteiger partial charge is 0.338 e. The Kier molecular flexibility index (Phi) is 7.57. The number of benzene rings is 2. The molecule has 1 unspecified atom stereocenters. The molecule has 1 amide bonds. The van der Waals surface area contributed by atoms with Crippen LogP contribution in [-0.2, 0) is 14.3 Å². The van der Waals surface area contributed by atoms with Gasteiger partial charge < -0.3 is 19.5 Å². The van der Waals surface area contributed by atoms with Gasteiger partial charge in [-0.2, -0.15) is 0 Å². The number of hydrogen-bond acceptors (Lipinski definition) is 6. The van der Waals surface area contributed by atoms with Crippen molar-refractivity contribution < 1.29 is 28.6 Å². The Morgan fingerprint density at radius 3 is 2.37 bits per heavy atom. The van der Waals surface area contributed by atoms with Crippen molar-refractivity contribution in [1.29, 1.82) is 0 Å². The molecule has 1 aliphatic rings. The summed E-state index contributed by atoms with van der Waals surface area (Å²) in [6, 6.07) is 13.0. The Balaban J connectivity index is 1.46. The van der Waals surface area contributed by atoms with Crippen LogP contribution in [0, 0.1) is 0 Å². The summed E-state index contributed by atoms with van der Waals surface area (Å²) in [7, 11) is 0. The molecule has 0 spiro atoms. The highest BCUT2D eigenvalue weighted by atomic mass is 16.5. The Bertz CT molecular complexity index is 870. The minimum Gasteiger partial charge on any atom is -0.491 e. The molecule has 1 N–H and O–H groups in total. The normalized spacial score (nSPS) is 15.4. The number of Topliss-reactive ketones (excluding diaryl/α,β-unsaturated/α-hetero) is 1. The number of anilines is 1. The summed E-state index contributed by atoms with van der Waals surface area (Å²) in [6.07, 6.45) is 2.54. The maximum atomic E-state index is 12.2. The highest BCUT2D eigenvalue weighted by Crippen LogP contribution is 2.17. The van der Waals surface area contributed by atoms with Gasteiger partial charge in [0.25, 0.3) is 0 Å². The van der Waals surface area contributed by atoms with Gasteiger partial charge in [0.15, 0.2) is 12.4 Å². The van der Waals surface area contributed by atoms with Crippen LogP contribution in [-0.4, -0.2) is 43.6 Å². The Hall–Kier alpha value is -3.19. The molecule has 0 bridgehead atoms. The largest absolute Gasteiger partial charge is 0.491 e. The van der Waals surface area contributed by atoms with E-state index in [1.165, 1.54) is 0 Å². The third kappa shape index (κ3) is 6.15. The van der Waals surface area contributed by atoms with Crippen molar-refractivity contribution in [3.05, 3.63) is 59.7 Å². The molecule has 1 atom stereocenters. The molecule has 1 heterocycles. The van der Waals surface area contributed by atoms with Crippen LogP contribution in [0.4, 0.5) is 5.69 Å². The van der Waals surface area contributed by atoms with Crippen LogP contribution < -0.4 is 10.1 Å². The van der Waals surface area contributed by atoms with Gasteiger partial charge in [0.1, 0.15) is 12.4 Å². The quantitative estimate of drug-likeness (QED) is 0.500. The molecule has 0 radical (unpaired) electrons. The number of carbonyl (C=O) groups is 3. The molecule has 0 aliphatic carbocycles. The van der Waals surface area contributed by atoms with Gasteiger partial charge in [-0.1, -0.05) is 6.92 Å². The molecule has 3 rings (SSSR count). The fraction of sp³-hybridized carbons (Fsp3) is 0.348. The van der Waals surface area contributed by atoms with E-state index in [0.717, 1.165) is 19.4 Å². The Morgan fingerprint density at radius 1 is 1.03 bits per heavy atom. The second-order valence-electron chi connectivity index (χ2n) is 6.95. The van der Waals surface area contributed by atoms with E-state index in [-0.39, 0.29) is 24.4 Å². The highest BCUT2D eigenvalue weighted by molar-refractivity contribution is 6.00. The average Bonchev–Trinajstić information content (AvgIpc) is 3.30. The molecule has 0 saturated carbocycles. The molecule has 2 aromatic carbocycles. The topological polar surface area (TPSA) is 90.9 Å². The van der Waals surface area contributed by atoms with E-state index in [0.29, 0.717) is 35.6 Å². The summed E-state index contributed by atoms with van der Waals surface area (Å²) in [6.45, 7) is 2.65. The first kappa shape index (κ1) is 21.5. The highest BCUT2D eigenvalue weighted by Gasteiger charge is 2.16. The molecule has 7 nitrogen and oxygen atoms in total. The van der Waals surface area contributed by atoms with Crippen molar-refractivity contribution in [2.45, 2.75) is 32.3 Å². The number of rotatable bonds is 9. The minimum atomic E-state index is -0.583. The maximum absolute atomic E-state index is 12.2. The van der Waals surface area contributed by atoms with Gasteiger partial charge in [0, 0.05) is 24.3 Å². The van der Waals surface area contributed by atoms with Crippen LogP contribution in [0.25, 0.3) is 0 Å². The number of esters is 1. The SMILES string of the molecule is CCC(=O)Nc1ccc(C(=O)COC(=O)c2ccc(OCC3CCCO3)cc2)cc1. The van der Waals surface area contributed by atoms with Crippen molar-refractivity contribution in [2.75, 3.05) is 25.1 Å². The first-order valence-electron chi connectivity index (χ1n) is 10.00. The van der Waals surface area contributed by atoms with Gasteiger partial charge in [-0.05, 0) is 61.4 Å². The number of ketones is 1. The van der Waals surface area contributed by atoms with E-state index in [1.807, 2.05) is 0 Å². The lowest BCUT2D eigenvalue weighted by atomic mass is 10.1. The maximum Gasteiger partial charge on any atom is 0.338 e. The van der Waals surface area contributed by atoms with E-state index in [4.69, 9.17) is 14.2 Å². The van der Waals surface area contributed by atoms with Crippen molar-refractivity contribution >= 4 is 23.3 Å². The lowest BCUT2D eigenvalue weighted by Crippen LogP contribution is -2.16. The lowest BCUT2D eigenvalue weighted by molar-refractivity contribution is -0.115. The summed E-state index contributed by atoms with van der Waals surface area (Å²) in [4.78, 5) is 35.8. The first-order valence-corrected chi connectivity index (χ1v) is 10.00. The van der Waals surface area contributed by atoms with Crippen LogP contribution in [0.2, 0.25) is 0 Å². The van der Waals surface area contributed by atoms with E-state index >= 15 is 0 Å². The number of hydrogen-bond donors (Lipinski definition) is 1. The third-order valence-corrected chi connectivity index (χ3v) is 4.70. The molecule has 7 heteroatoms. The predicted molar refractivity (Wildman–Crippen MR) is 111 cm³/mol. The summed E-state index contributed by atoms with van der Waals surface area (Å²) < 4.78 is 16.3. The van der Waals surface area contributed by atoms with Crippen LogP contribution >= 0.6 is 0 Å². The van der Waals surface area contributed by atoms with E-state index in [1.54, 1.807) is 55.5 Å². The Morgan fingerprint density at radius 2 is 1.73 bits per heavy atom. The van der Waals surface area contributed by atoms with Crippen molar-refractivity contribution in [3.63, 3.8) is 0 Å². The molecule has 1 saturated heterocycles. The Labute approximate surface area is 175 Å². The van der Waals surface area contributed by atoms with Crippen molar-refractivity contribution in [2.24, 2.45) is 0 Å². The van der Waals surface area contributed by atoms with Crippen LogP contribution in [0.15, 0.2) is 48.5 Å². The number of ether oxygens (including phenoxy) is 3. The van der Waals surface area contributed by atoms with Gasteiger partial charge in [-0.3, -0.25) is 9.59 Å². The summed E-state index contributed by atoms with van der Waals surface area (Å²) in [5.74, 6) is -0.367. The summed E-state index contributed by atoms with van der Waals surface area (Å²) in [5, 5.41) is 2.71. The zero-order chi connectivity index (χ0) is 21.3. The molecule has 158 valence electrons. The van der Waals surface area contributed by atoms with Crippen LogP contribution in [0.3, 0.4) is 0 Å². The number of carbonyl (C=O) groups excluding carboxylic acids is 3. The van der Waals surface area contributed by atoms with Gasteiger partial charge >= 0.3 is 5.97 Å². The molecular formula is C23H25NO6. The second-order valence-corrected chi connectivity index (χ2v) is 6.95. The minimum absolute atomic E-state index is 0.105. The van der Waals surface area contributed by atoms with Gasteiger partial charge in [0.2, 0.25) is 5.91 Å². The summed E-state index contributed by atoms with van der Waals surface area (Å²) >= 11 is 0. The van der Waals surface area contributed by atoms with Crippen molar-refractivity contribution in [3.8, 4) is 5.75 Å². The molecule has 0 aromatic heterocycles. The monoisotopic (exact) mass is 411 g/mol. The zero-order valence-corrected chi connectivity index (χ0v) is 16.9. The third-order valence-electron chi connectivity index (χ3n) is 4.70. The van der Waals surface area contributed by atoms with Crippen molar-refractivity contribution in [1.82, 2.24) is 0 Å². The van der Waals surface area contributed by atoms with E-state index in [2.05, 4.69) is 5.32 Å². The van der Waals surface area contributed by atoms with Gasteiger partial charge in [-0.25, -0.2) is 4.79 Å². The number of amides is 1. The fourth-order valence-corrected chi connectivity index (χ4v) is 2.94. The van der Waals surface area contributed by atoms with Gasteiger partial charge in [0.05, 0.1) is 11.7 Å². The second kappa shape index (κ2) is 10.5. The molecule has 30 heavy (non-hydrogen) atoms. The molecule has 2 aromatic rings. The standard InChI is InChI=1S/C23H25NO6/c1-2-22(26)24-18-9-5-16(6-10-18)21(25)15-30-23(27)17-7-11-19(12-8-17)29-14-20-4-3-13-28-20/h5-12,20H,2-4,13-15H2,1H3,(H,24,26). The molecule has 1 aliphatic heterocycles.